The highest BCUT2D eigenvalue weighted by Gasteiger charge is 2.12. The predicted octanol–water partition coefficient (Wildman–Crippen LogP) is 1.95. The summed E-state index contributed by atoms with van der Waals surface area (Å²) in [5.41, 5.74) is 1.16. The van der Waals surface area contributed by atoms with Gasteiger partial charge in [-0.3, -0.25) is 0 Å². The summed E-state index contributed by atoms with van der Waals surface area (Å²) >= 11 is 0. The van der Waals surface area contributed by atoms with Crippen molar-refractivity contribution in [3.8, 4) is 0 Å². The zero-order chi connectivity index (χ0) is 14.4. The highest BCUT2D eigenvalue weighted by atomic mass is 16.4. The molecule has 5 heteroatoms. The molecule has 0 saturated heterocycles. The number of hydrogen-bond acceptors (Lipinski definition) is 2. The van der Waals surface area contributed by atoms with Crippen molar-refractivity contribution in [2.75, 3.05) is 6.54 Å². The highest BCUT2D eigenvalue weighted by molar-refractivity contribution is 5.87. The fraction of sp³-hybridized carbons (Fsp3) is 0.333. The van der Waals surface area contributed by atoms with Gasteiger partial charge in [0.05, 0.1) is 5.56 Å². The lowest BCUT2D eigenvalue weighted by atomic mass is 10.1. The Labute approximate surface area is 117 Å². The van der Waals surface area contributed by atoms with Gasteiger partial charge in [-0.15, -0.1) is 0 Å². The Hall–Kier alpha value is -2.30. The Bertz CT molecular complexity index is 518. The Balaban J connectivity index is 1.73. The van der Waals surface area contributed by atoms with E-state index in [1.54, 1.807) is 18.2 Å². The molecular weight excluding hydrogens is 256 g/mol. The normalized spacial score (nSPS) is 14.2. The quantitative estimate of drug-likeness (QED) is 0.718. The van der Waals surface area contributed by atoms with Gasteiger partial charge in [-0.05, 0) is 37.0 Å². The van der Waals surface area contributed by atoms with Crippen LogP contribution in [0.1, 0.15) is 28.8 Å². The van der Waals surface area contributed by atoms with Crippen molar-refractivity contribution in [3.63, 3.8) is 0 Å². The molecule has 1 aliphatic rings. The van der Waals surface area contributed by atoms with Crippen LogP contribution < -0.4 is 10.6 Å². The smallest absolute Gasteiger partial charge is 0.335 e. The average molecular weight is 274 g/mol. The van der Waals surface area contributed by atoms with Gasteiger partial charge >= 0.3 is 12.0 Å². The largest absolute Gasteiger partial charge is 0.478 e. The summed E-state index contributed by atoms with van der Waals surface area (Å²) in [6.45, 7) is 0.481. The van der Waals surface area contributed by atoms with Crippen LogP contribution in [0.15, 0.2) is 36.4 Å². The Morgan fingerprint density at radius 3 is 2.70 bits per heavy atom. The Kier molecular flexibility index (Phi) is 4.76. The molecule has 0 radical (unpaired) electrons. The first-order valence-electron chi connectivity index (χ1n) is 6.67. The zero-order valence-corrected chi connectivity index (χ0v) is 11.1. The number of carboxylic acids is 1. The minimum Gasteiger partial charge on any atom is -0.478 e. The number of hydrogen-bond donors (Lipinski definition) is 3. The van der Waals surface area contributed by atoms with E-state index in [1.807, 2.05) is 6.07 Å². The van der Waals surface area contributed by atoms with Crippen LogP contribution in [0.25, 0.3) is 0 Å². The predicted molar refractivity (Wildman–Crippen MR) is 75.8 cm³/mol. The van der Waals surface area contributed by atoms with Crippen LogP contribution in [0.3, 0.4) is 0 Å². The van der Waals surface area contributed by atoms with Gasteiger partial charge in [0.1, 0.15) is 0 Å². The number of carbonyl (C=O) groups excluding carboxylic acids is 1. The van der Waals surface area contributed by atoms with Crippen molar-refractivity contribution in [2.24, 2.45) is 0 Å². The van der Waals surface area contributed by atoms with Crippen molar-refractivity contribution in [2.45, 2.75) is 25.3 Å². The number of amides is 2. The molecule has 0 aliphatic heterocycles. The third kappa shape index (κ3) is 4.12. The molecule has 1 aliphatic carbocycles. The lowest BCUT2D eigenvalue weighted by molar-refractivity contribution is 0.0696. The maximum absolute atomic E-state index is 11.6. The zero-order valence-electron chi connectivity index (χ0n) is 11.1. The van der Waals surface area contributed by atoms with Crippen LogP contribution in [0, 0.1) is 0 Å². The molecule has 5 nitrogen and oxygen atoms in total. The molecule has 106 valence electrons. The molecule has 0 bridgehead atoms. The van der Waals surface area contributed by atoms with Crippen LogP contribution >= 0.6 is 0 Å². The Morgan fingerprint density at radius 1 is 1.25 bits per heavy atom. The molecule has 1 aromatic carbocycles. The molecule has 0 atom stereocenters. The van der Waals surface area contributed by atoms with Crippen molar-refractivity contribution >= 4 is 12.0 Å². The van der Waals surface area contributed by atoms with Crippen molar-refractivity contribution in [3.05, 3.63) is 47.5 Å². The molecule has 0 aromatic heterocycles. The van der Waals surface area contributed by atoms with Crippen LogP contribution in [-0.4, -0.2) is 29.7 Å². The molecule has 0 spiro atoms. The second kappa shape index (κ2) is 6.75. The molecule has 0 saturated carbocycles. The van der Waals surface area contributed by atoms with E-state index in [-0.39, 0.29) is 17.6 Å². The average Bonchev–Trinajstić information content (AvgIpc) is 2.92. The van der Waals surface area contributed by atoms with Gasteiger partial charge < -0.3 is 15.7 Å². The molecule has 20 heavy (non-hydrogen) atoms. The fourth-order valence-electron chi connectivity index (χ4n) is 2.15. The number of carbonyl (C=O) groups is 2. The number of nitrogens with one attached hydrogen (secondary N) is 2. The number of carboxylic acid groups (broad SMARTS) is 1. The summed E-state index contributed by atoms with van der Waals surface area (Å²) in [5.74, 6) is -0.939. The molecule has 1 aromatic rings. The summed E-state index contributed by atoms with van der Waals surface area (Å²) in [4.78, 5) is 22.5. The van der Waals surface area contributed by atoms with Crippen LogP contribution in [0.4, 0.5) is 4.79 Å². The molecule has 2 rings (SSSR count). The number of benzene rings is 1. The summed E-state index contributed by atoms with van der Waals surface area (Å²) in [6.07, 6.45) is 6.49. The van der Waals surface area contributed by atoms with Gasteiger partial charge in [0.2, 0.25) is 0 Å². The van der Waals surface area contributed by atoms with Gasteiger partial charge in [-0.1, -0.05) is 24.3 Å². The monoisotopic (exact) mass is 274 g/mol. The van der Waals surface area contributed by atoms with Crippen molar-refractivity contribution < 1.29 is 14.7 Å². The van der Waals surface area contributed by atoms with E-state index in [9.17, 15) is 9.59 Å². The van der Waals surface area contributed by atoms with E-state index in [2.05, 4.69) is 22.8 Å². The highest BCUT2D eigenvalue weighted by Crippen LogP contribution is 2.08. The molecule has 0 heterocycles. The minimum atomic E-state index is -0.939. The standard InChI is InChI=1S/C15H18N2O3/c18-14(19)12-5-3-4-11(10-12)8-9-16-15(20)17-13-6-1-2-7-13/h1-5,10,13H,6-9H2,(H,18,19)(H2,16,17,20). The molecule has 2 amide bonds. The summed E-state index contributed by atoms with van der Waals surface area (Å²) < 4.78 is 0. The number of rotatable bonds is 5. The maximum Gasteiger partial charge on any atom is 0.335 e. The first kappa shape index (κ1) is 14.1. The summed E-state index contributed by atoms with van der Waals surface area (Å²) in [7, 11) is 0. The first-order chi connectivity index (χ1) is 9.65. The van der Waals surface area contributed by atoms with E-state index >= 15 is 0 Å². The molecule has 0 fully saturated rings. The van der Waals surface area contributed by atoms with E-state index in [0.29, 0.717) is 13.0 Å². The number of aromatic carboxylic acids is 1. The lowest BCUT2D eigenvalue weighted by Crippen LogP contribution is -2.41. The molecule has 0 unspecified atom stereocenters. The maximum atomic E-state index is 11.6. The minimum absolute atomic E-state index is 0.173. The van der Waals surface area contributed by atoms with Crippen molar-refractivity contribution in [1.82, 2.24) is 10.6 Å². The van der Waals surface area contributed by atoms with Gasteiger partial charge in [-0.2, -0.15) is 0 Å². The van der Waals surface area contributed by atoms with Crippen LogP contribution in [0.5, 0.6) is 0 Å². The topological polar surface area (TPSA) is 78.4 Å². The fourth-order valence-corrected chi connectivity index (χ4v) is 2.15. The molecule has 3 N–H and O–H groups in total. The summed E-state index contributed by atoms with van der Waals surface area (Å²) in [6, 6.07) is 6.77. The SMILES string of the molecule is O=C(NCCc1cccc(C(=O)O)c1)NC1CC=CC1. The first-order valence-corrected chi connectivity index (χ1v) is 6.67. The van der Waals surface area contributed by atoms with E-state index in [1.165, 1.54) is 0 Å². The number of urea groups is 1. The summed E-state index contributed by atoms with van der Waals surface area (Å²) in [5, 5.41) is 14.6. The van der Waals surface area contributed by atoms with Gasteiger partial charge in [0.25, 0.3) is 0 Å². The second-order valence-electron chi connectivity index (χ2n) is 4.80. The van der Waals surface area contributed by atoms with Crippen LogP contribution in [0.2, 0.25) is 0 Å². The van der Waals surface area contributed by atoms with Gasteiger partial charge in [0, 0.05) is 12.6 Å². The third-order valence-corrected chi connectivity index (χ3v) is 3.22. The van der Waals surface area contributed by atoms with Gasteiger partial charge in [0.15, 0.2) is 0 Å². The van der Waals surface area contributed by atoms with E-state index < -0.39 is 5.97 Å². The van der Waals surface area contributed by atoms with Gasteiger partial charge in [-0.25, -0.2) is 9.59 Å². The molecular formula is C15H18N2O3. The van der Waals surface area contributed by atoms with Crippen LogP contribution in [-0.2, 0) is 6.42 Å². The van der Waals surface area contributed by atoms with E-state index in [0.717, 1.165) is 18.4 Å². The van der Waals surface area contributed by atoms with E-state index in [4.69, 9.17) is 5.11 Å². The third-order valence-electron chi connectivity index (χ3n) is 3.22. The Morgan fingerprint density at radius 2 is 2.00 bits per heavy atom. The lowest BCUT2D eigenvalue weighted by Gasteiger charge is -2.13. The second-order valence-corrected chi connectivity index (χ2v) is 4.80. The van der Waals surface area contributed by atoms with Crippen molar-refractivity contribution in [1.29, 1.82) is 0 Å².